The van der Waals surface area contributed by atoms with Crippen molar-refractivity contribution in [3.63, 3.8) is 0 Å². The standard InChI is InChI=1S/C22H28O2S2/c1-4-14-9-13(3)10-15(5-2)18(14)19-20(23)16-11-22(12-17(16)21(19)24)25-7-6-8-26-22/h9-10,16-17,23H,4-8,11-12H2,1-3H3/p-1/t16-,17+/m0/s1. The summed E-state index contributed by atoms with van der Waals surface area (Å²) in [7, 11) is 0. The molecule has 1 aliphatic heterocycles. The number of rotatable bonds is 3. The molecule has 4 heteroatoms. The molecule has 0 bridgehead atoms. The number of aryl methyl sites for hydroxylation is 3. The van der Waals surface area contributed by atoms with Gasteiger partial charge < -0.3 is 5.11 Å². The molecule has 3 aliphatic rings. The van der Waals surface area contributed by atoms with Crippen molar-refractivity contribution in [2.24, 2.45) is 11.8 Å². The van der Waals surface area contributed by atoms with Crippen molar-refractivity contribution in [1.29, 1.82) is 0 Å². The first-order chi connectivity index (χ1) is 12.5. The van der Waals surface area contributed by atoms with Crippen LogP contribution >= 0.6 is 23.5 Å². The first-order valence-corrected chi connectivity index (χ1v) is 11.8. The lowest BCUT2D eigenvalue weighted by Gasteiger charge is -2.33. The molecule has 0 unspecified atom stereocenters. The average molecular weight is 388 g/mol. The molecule has 4 rings (SSSR count). The molecule has 2 fully saturated rings. The second-order valence-corrected chi connectivity index (χ2v) is 11.1. The SMILES string of the molecule is CCc1cc(C)cc(CC)c1C1=C([O-])[C@H]2CC3(C[C@H]2C1=O)SCCCS3. The summed E-state index contributed by atoms with van der Waals surface area (Å²) in [5.41, 5.74) is 5.05. The zero-order valence-corrected chi connectivity index (χ0v) is 17.5. The first-order valence-electron chi connectivity index (χ1n) is 9.85. The highest BCUT2D eigenvalue weighted by Crippen LogP contribution is 2.61. The topological polar surface area (TPSA) is 40.1 Å². The molecule has 1 aromatic rings. The van der Waals surface area contributed by atoms with Gasteiger partial charge in [-0.3, -0.25) is 4.79 Å². The van der Waals surface area contributed by atoms with Crippen LogP contribution in [0.15, 0.2) is 17.9 Å². The molecule has 0 aromatic heterocycles. The van der Waals surface area contributed by atoms with Gasteiger partial charge in [0.25, 0.3) is 0 Å². The Morgan fingerprint density at radius 3 is 2.19 bits per heavy atom. The van der Waals surface area contributed by atoms with Crippen LogP contribution in [0, 0.1) is 18.8 Å². The van der Waals surface area contributed by atoms with Gasteiger partial charge in [0.05, 0.1) is 4.08 Å². The fourth-order valence-corrected chi connectivity index (χ4v) is 8.53. The van der Waals surface area contributed by atoms with Crippen molar-refractivity contribution in [3.05, 3.63) is 40.1 Å². The maximum Gasteiger partial charge on any atom is 0.166 e. The van der Waals surface area contributed by atoms with Crippen LogP contribution in [0.2, 0.25) is 0 Å². The number of carbonyl (C=O) groups excluding carboxylic acids is 1. The summed E-state index contributed by atoms with van der Waals surface area (Å²) in [6, 6.07) is 4.31. The molecule has 140 valence electrons. The molecule has 1 spiro atoms. The number of ketones is 1. The Balaban J connectivity index is 1.77. The van der Waals surface area contributed by atoms with Crippen LogP contribution in [-0.2, 0) is 17.6 Å². The van der Waals surface area contributed by atoms with Crippen LogP contribution in [0.4, 0.5) is 0 Å². The summed E-state index contributed by atoms with van der Waals surface area (Å²) in [5, 5.41) is 13.4. The quantitative estimate of drug-likeness (QED) is 0.772. The van der Waals surface area contributed by atoms with E-state index in [1.807, 2.05) is 23.5 Å². The second kappa shape index (κ2) is 6.94. The summed E-state index contributed by atoms with van der Waals surface area (Å²) < 4.78 is 0.124. The number of benzene rings is 1. The largest absolute Gasteiger partial charge is 0.875 e. The van der Waals surface area contributed by atoms with Gasteiger partial charge in [-0.05, 0) is 73.1 Å². The molecule has 0 amide bonds. The summed E-state index contributed by atoms with van der Waals surface area (Å²) >= 11 is 4.00. The number of Topliss-reactive ketones (excluding diaryl/α,β-unsaturated/α-hetero) is 1. The number of hydrogen-bond acceptors (Lipinski definition) is 4. The van der Waals surface area contributed by atoms with Gasteiger partial charge in [0.2, 0.25) is 0 Å². The van der Waals surface area contributed by atoms with E-state index in [1.54, 1.807) is 0 Å². The van der Waals surface area contributed by atoms with Crippen LogP contribution in [0.3, 0.4) is 0 Å². The fraction of sp³-hybridized carbons (Fsp3) is 0.591. The zero-order valence-electron chi connectivity index (χ0n) is 15.9. The molecule has 2 aliphatic carbocycles. The third-order valence-corrected chi connectivity index (χ3v) is 9.60. The van der Waals surface area contributed by atoms with Gasteiger partial charge >= 0.3 is 0 Å². The highest BCUT2D eigenvalue weighted by molar-refractivity contribution is 8.18. The lowest BCUT2D eigenvalue weighted by molar-refractivity contribution is -0.313. The highest BCUT2D eigenvalue weighted by atomic mass is 32.2. The Bertz CT molecular complexity index is 749. The monoisotopic (exact) mass is 387 g/mol. The van der Waals surface area contributed by atoms with Crippen molar-refractivity contribution < 1.29 is 9.90 Å². The molecule has 0 N–H and O–H groups in total. The van der Waals surface area contributed by atoms with Crippen LogP contribution in [0.25, 0.3) is 5.57 Å². The van der Waals surface area contributed by atoms with Crippen LogP contribution < -0.4 is 5.11 Å². The van der Waals surface area contributed by atoms with Gasteiger partial charge in [-0.15, -0.1) is 29.3 Å². The summed E-state index contributed by atoms with van der Waals surface area (Å²) in [5.74, 6) is 2.46. The lowest BCUT2D eigenvalue weighted by Crippen LogP contribution is -2.24. The maximum absolute atomic E-state index is 13.4. The first kappa shape index (κ1) is 18.5. The van der Waals surface area contributed by atoms with Crippen molar-refractivity contribution in [2.45, 2.75) is 57.0 Å². The third kappa shape index (κ3) is 2.84. The molecule has 26 heavy (non-hydrogen) atoms. The van der Waals surface area contributed by atoms with E-state index in [2.05, 4.69) is 32.9 Å². The van der Waals surface area contributed by atoms with Gasteiger partial charge in [0, 0.05) is 11.5 Å². The van der Waals surface area contributed by atoms with Crippen LogP contribution in [0.1, 0.15) is 55.4 Å². The van der Waals surface area contributed by atoms with E-state index in [0.29, 0.717) is 5.57 Å². The van der Waals surface area contributed by atoms with E-state index in [0.717, 1.165) is 42.4 Å². The Hall–Kier alpha value is -0.870. The number of allylic oxidation sites excluding steroid dienone is 2. The minimum absolute atomic E-state index is 0.0775. The predicted octanol–water partition coefficient (Wildman–Crippen LogP) is 4.37. The molecule has 0 radical (unpaired) electrons. The second-order valence-electron chi connectivity index (χ2n) is 7.85. The van der Waals surface area contributed by atoms with Gasteiger partial charge in [-0.1, -0.05) is 31.5 Å². The number of thioether (sulfide) groups is 2. The van der Waals surface area contributed by atoms with Crippen LogP contribution in [0.5, 0.6) is 0 Å². The normalized spacial score (nSPS) is 27.4. The molecule has 1 saturated carbocycles. The number of hydrogen-bond donors (Lipinski definition) is 0. The molecule has 1 heterocycles. The van der Waals surface area contributed by atoms with Crippen molar-refractivity contribution in [3.8, 4) is 0 Å². The van der Waals surface area contributed by atoms with E-state index in [4.69, 9.17) is 0 Å². The fourth-order valence-electron chi connectivity index (χ4n) is 5.00. The van der Waals surface area contributed by atoms with E-state index in [1.165, 1.54) is 23.5 Å². The number of carbonyl (C=O) groups is 1. The van der Waals surface area contributed by atoms with Crippen LogP contribution in [-0.4, -0.2) is 21.4 Å². The summed E-state index contributed by atoms with van der Waals surface area (Å²) in [4.78, 5) is 13.4. The van der Waals surface area contributed by atoms with Gasteiger partial charge in [0.1, 0.15) is 0 Å². The van der Waals surface area contributed by atoms with E-state index >= 15 is 0 Å². The zero-order chi connectivity index (χ0) is 18.5. The predicted molar refractivity (Wildman–Crippen MR) is 110 cm³/mol. The smallest absolute Gasteiger partial charge is 0.166 e. The van der Waals surface area contributed by atoms with E-state index in [-0.39, 0.29) is 27.5 Å². The van der Waals surface area contributed by atoms with E-state index in [9.17, 15) is 9.90 Å². The molecular weight excluding hydrogens is 360 g/mol. The van der Waals surface area contributed by atoms with E-state index < -0.39 is 0 Å². The van der Waals surface area contributed by atoms with Crippen molar-refractivity contribution in [1.82, 2.24) is 0 Å². The minimum atomic E-state index is -0.0775. The molecule has 1 saturated heterocycles. The molecular formula is C22H27O2S2-. The molecule has 2 atom stereocenters. The Morgan fingerprint density at radius 1 is 1.08 bits per heavy atom. The maximum atomic E-state index is 13.4. The van der Waals surface area contributed by atoms with Gasteiger partial charge in [-0.2, -0.15) is 0 Å². The summed E-state index contributed by atoms with van der Waals surface area (Å²) in [6.45, 7) is 6.34. The summed E-state index contributed by atoms with van der Waals surface area (Å²) in [6.07, 6.45) is 4.73. The molecule has 2 nitrogen and oxygen atoms in total. The number of fused-ring (bicyclic) bond motifs is 1. The van der Waals surface area contributed by atoms with Gasteiger partial charge in [-0.25, -0.2) is 0 Å². The highest BCUT2D eigenvalue weighted by Gasteiger charge is 2.53. The van der Waals surface area contributed by atoms with Crippen molar-refractivity contribution >= 4 is 34.9 Å². The van der Waals surface area contributed by atoms with Crippen molar-refractivity contribution in [2.75, 3.05) is 11.5 Å². The Morgan fingerprint density at radius 2 is 1.65 bits per heavy atom. The Labute approximate surface area is 165 Å². The molecule has 1 aromatic carbocycles. The van der Waals surface area contributed by atoms with Gasteiger partial charge in [0.15, 0.2) is 5.78 Å². The Kier molecular flexibility index (Phi) is 4.94. The third-order valence-electron chi connectivity index (χ3n) is 6.19. The minimum Gasteiger partial charge on any atom is -0.875 e. The lowest BCUT2D eigenvalue weighted by atomic mass is 9.87. The average Bonchev–Trinajstić information content (AvgIpc) is 3.10.